The van der Waals surface area contributed by atoms with E-state index in [9.17, 15) is 4.79 Å². The third-order valence-corrected chi connectivity index (χ3v) is 4.81. The van der Waals surface area contributed by atoms with Gasteiger partial charge in [0.2, 0.25) is 6.23 Å². The second kappa shape index (κ2) is 7.29. The Hall–Kier alpha value is -3.04. The predicted molar refractivity (Wildman–Crippen MR) is 108 cm³/mol. The van der Waals surface area contributed by atoms with Crippen molar-refractivity contribution in [3.63, 3.8) is 0 Å². The number of benzene rings is 3. The molecular weight excluding hydrogens is 358 g/mol. The molecule has 0 saturated heterocycles. The number of allylic oxidation sites excluding steroid dienone is 1. The summed E-state index contributed by atoms with van der Waals surface area (Å²) >= 11 is 6.04. The molecule has 1 aliphatic heterocycles. The number of amides is 1. The minimum Gasteiger partial charge on any atom is -0.470 e. The predicted octanol–water partition coefficient (Wildman–Crippen LogP) is 5.83. The molecule has 0 bridgehead atoms. The van der Waals surface area contributed by atoms with Gasteiger partial charge < -0.3 is 4.74 Å². The van der Waals surface area contributed by atoms with Gasteiger partial charge in [-0.2, -0.15) is 0 Å². The molecule has 1 heterocycles. The lowest BCUT2D eigenvalue weighted by Crippen LogP contribution is -2.40. The highest BCUT2D eigenvalue weighted by atomic mass is 35.5. The van der Waals surface area contributed by atoms with Crippen LogP contribution in [0.4, 0.5) is 5.69 Å². The number of anilines is 1. The molecule has 0 saturated carbocycles. The van der Waals surface area contributed by atoms with Crippen LogP contribution >= 0.6 is 11.6 Å². The second-order valence-electron chi connectivity index (χ2n) is 6.33. The fourth-order valence-electron chi connectivity index (χ4n) is 3.28. The highest BCUT2D eigenvalue weighted by molar-refractivity contribution is 6.31. The van der Waals surface area contributed by atoms with Crippen molar-refractivity contribution in [1.82, 2.24) is 0 Å². The summed E-state index contributed by atoms with van der Waals surface area (Å²) in [6.45, 7) is 1.84. The largest absolute Gasteiger partial charge is 0.470 e. The summed E-state index contributed by atoms with van der Waals surface area (Å²) in [5, 5.41) is 0.621. The number of nitrogens with zero attached hydrogens (tertiary/aromatic N) is 1. The van der Waals surface area contributed by atoms with Crippen LogP contribution in [0.2, 0.25) is 5.02 Å². The lowest BCUT2D eigenvalue weighted by molar-refractivity contribution is -0.117. The van der Waals surface area contributed by atoms with E-state index in [4.69, 9.17) is 16.3 Å². The minimum absolute atomic E-state index is 0.0962. The molecule has 0 N–H and O–H groups in total. The van der Waals surface area contributed by atoms with Crippen molar-refractivity contribution >= 4 is 28.8 Å². The lowest BCUT2D eigenvalue weighted by Gasteiger charge is -2.37. The van der Waals surface area contributed by atoms with Crippen LogP contribution in [0.3, 0.4) is 0 Å². The molecule has 27 heavy (non-hydrogen) atoms. The Bertz CT molecular complexity index is 982. The molecule has 3 aromatic rings. The number of hydrogen-bond donors (Lipinski definition) is 0. The van der Waals surface area contributed by atoms with Gasteiger partial charge in [0, 0.05) is 16.3 Å². The van der Waals surface area contributed by atoms with Gasteiger partial charge >= 0.3 is 0 Å². The number of carbonyl (C=O) groups excluding carboxylic acids is 1. The van der Waals surface area contributed by atoms with Crippen molar-refractivity contribution in [2.24, 2.45) is 0 Å². The van der Waals surface area contributed by atoms with Crippen LogP contribution in [0.25, 0.3) is 5.57 Å². The van der Waals surface area contributed by atoms with E-state index in [1.165, 1.54) is 0 Å². The van der Waals surface area contributed by atoms with Crippen LogP contribution in [-0.4, -0.2) is 5.91 Å². The second-order valence-corrected chi connectivity index (χ2v) is 6.77. The molecule has 1 atom stereocenters. The van der Waals surface area contributed by atoms with Crippen molar-refractivity contribution in [2.75, 3.05) is 4.90 Å². The molecular formula is C23H18ClNO2. The molecule has 134 valence electrons. The summed E-state index contributed by atoms with van der Waals surface area (Å²) in [5.41, 5.74) is 3.05. The molecule has 0 spiro atoms. The zero-order valence-corrected chi connectivity index (χ0v) is 15.6. The van der Waals surface area contributed by atoms with Gasteiger partial charge in [0.25, 0.3) is 5.91 Å². The Morgan fingerprint density at radius 1 is 0.852 bits per heavy atom. The SMILES string of the molecule is CC1=C(c2ccccc2)C(=O)N(c2ccc(Cl)cc2)C(c2ccccc2)O1. The zero-order valence-electron chi connectivity index (χ0n) is 14.8. The molecule has 1 aliphatic rings. The standard InChI is InChI=1S/C23H18ClNO2/c1-16-21(17-8-4-2-5-9-17)22(26)25(20-14-12-19(24)13-15-20)23(27-16)18-10-6-3-7-11-18/h2-15,23H,1H3. The monoisotopic (exact) mass is 375 g/mol. The Balaban J connectivity index is 1.86. The van der Waals surface area contributed by atoms with Crippen LogP contribution in [0, 0.1) is 0 Å². The van der Waals surface area contributed by atoms with Crippen LogP contribution in [0.5, 0.6) is 0 Å². The normalized spacial score (nSPS) is 17.0. The average molecular weight is 376 g/mol. The van der Waals surface area contributed by atoms with Gasteiger partial charge in [-0.15, -0.1) is 0 Å². The first-order valence-corrected chi connectivity index (χ1v) is 9.10. The summed E-state index contributed by atoms with van der Waals surface area (Å²) < 4.78 is 6.26. The van der Waals surface area contributed by atoms with Crippen molar-refractivity contribution in [1.29, 1.82) is 0 Å². The maximum atomic E-state index is 13.6. The van der Waals surface area contributed by atoms with E-state index < -0.39 is 6.23 Å². The maximum absolute atomic E-state index is 13.6. The van der Waals surface area contributed by atoms with E-state index in [1.807, 2.05) is 79.7 Å². The maximum Gasteiger partial charge on any atom is 0.265 e. The van der Waals surface area contributed by atoms with Gasteiger partial charge in [0.1, 0.15) is 5.76 Å². The summed E-state index contributed by atoms with van der Waals surface area (Å²) in [6, 6.07) is 26.6. The fraction of sp³-hybridized carbons (Fsp3) is 0.0870. The first-order valence-electron chi connectivity index (χ1n) is 8.72. The van der Waals surface area contributed by atoms with Crippen molar-refractivity contribution < 1.29 is 9.53 Å². The van der Waals surface area contributed by atoms with E-state index >= 15 is 0 Å². The third kappa shape index (κ3) is 3.34. The lowest BCUT2D eigenvalue weighted by atomic mass is 10.00. The van der Waals surface area contributed by atoms with Crippen molar-refractivity contribution in [3.05, 3.63) is 107 Å². The Kier molecular flexibility index (Phi) is 4.69. The number of rotatable bonds is 3. The molecule has 3 aromatic carbocycles. The first kappa shape index (κ1) is 17.4. The third-order valence-electron chi connectivity index (χ3n) is 4.56. The minimum atomic E-state index is -0.535. The van der Waals surface area contributed by atoms with Gasteiger partial charge in [0.05, 0.1) is 5.57 Å². The summed E-state index contributed by atoms with van der Waals surface area (Å²) in [7, 11) is 0. The number of ether oxygens (including phenoxy) is 1. The zero-order chi connectivity index (χ0) is 18.8. The van der Waals surface area contributed by atoms with Gasteiger partial charge in [-0.25, -0.2) is 0 Å². The van der Waals surface area contributed by atoms with E-state index in [0.717, 1.165) is 16.8 Å². The molecule has 4 heteroatoms. The fourth-order valence-corrected chi connectivity index (χ4v) is 3.40. The highest BCUT2D eigenvalue weighted by Gasteiger charge is 2.37. The summed E-state index contributed by atoms with van der Waals surface area (Å²) in [5.74, 6) is 0.520. The first-order chi connectivity index (χ1) is 13.1. The molecule has 3 nitrogen and oxygen atoms in total. The Labute approximate surface area is 163 Å². The Morgan fingerprint density at radius 3 is 2.07 bits per heavy atom. The van der Waals surface area contributed by atoms with E-state index in [0.29, 0.717) is 16.4 Å². The molecule has 0 aliphatic carbocycles. The number of carbonyl (C=O) groups is 1. The van der Waals surface area contributed by atoms with Gasteiger partial charge in [-0.1, -0.05) is 72.3 Å². The van der Waals surface area contributed by atoms with E-state index in [1.54, 1.807) is 17.0 Å². The number of hydrogen-bond acceptors (Lipinski definition) is 2. The van der Waals surface area contributed by atoms with Crippen molar-refractivity contribution in [2.45, 2.75) is 13.2 Å². The van der Waals surface area contributed by atoms with Gasteiger partial charge in [0.15, 0.2) is 0 Å². The van der Waals surface area contributed by atoms with E-state index in [-0.39, 0.29) is 5.91 Å². The van der Waals surface area contributed by atoms with Crippen molar-refractivity contribution in [3.8, 4) is 0 Å². The van der Waals surface area contributed by atoms with E-state index in [2.05, 4.69) is 0 Å². The molecule has 1 amide bonds. The highest BCUT2D eigenvalue weighted by Crippen LogP contribution is 2.39. The molecule has 1 unspecified atom stereocenters. The van der Waals surface area contributed by atoms with Gasteiger partial charge in [-0.05, 0) is 36.8 Å². The molecule has 4 rings (SSSR count). The Morgan fingerprint density at radius 2 is 1.44 bits per heavy atom. The smallest absolute Gasteiger partial charge is 0.265 e. The molecule has 0 fully saturated rings. The molecule has 0 aromatic heterocycles. The number of halogens is 1. The van der Waals surface area contributed by atoms with Crippen LogP contribution in [0.15, 0.2) is 90.7 Å². The topological polar surface area (TPSA) is 29.5 Å². The average Bonchev–Trinajstić information content (AvgIpc) is 2.70. The summed E-state index contributed by atoms with van der Waals surface area (Å²) in [6.07, 6.45) is -0.535. The molecule has 0 radical (unpaired) electrons. The van der Waals surface area contributed by atoms with Crippen LogP contribution in [-0.2, 0) is 9.53 Å². The van der Waals surface area contributed by atoms with Crippen LogP contribution in [0.1, 0.15) is 24.3 Å². The quantitative estimate of drug-likeness (QED) is 0.576. The van der Waals surface area contributed by atoms with Gasteiger partial charge in [-0.3, -0.25) is 9.69 Å². The van der Waals surface area contributed by atoms with Crippen LogP contribution < -0.4 is 4.90 Å². The summed E-state index contributed by atoms with van der Waals surface area (Å²) in [4.78, 5) is 15.2.